The van der Waals surface area contributed by atoms with Gasteiger partial charge < -0.3 is 8.85 Å². The normalized spacial score (nSPS) is 30.2. The quantitative estimate of drug-likeness (QED) is 0.0648. The van der Waals surface area contributed by atoms with E-state index in [9.17, 15) is 26.3 Å². The number of alkyl halides is 6. The smallest absolute Gasteiger partial charge is 0.391 e. The maximum absolute atomic E-state index is 14.0. The first kappa shape index (κ1) is 43.4. The second-order valence-electron chi connectivity index (χ2n) is 16.4. The van der Waals surface area contributed by atoms with Crippen LogP contribution in [0.5, 0.6) is 0 Å². The lowest BCUT2D eigenvalue weighted by molar-refractivity contribution is -0.192. The van der Waals surface area contributed by atoms with Crippen LogP contribution in [0.4, 0.5) is 26.3 Å². The molecule has 4 nitrogen and oxygen atoms in total. The number of aliphatic imine (C=N–C) groups is 2. The van der Waals surface area contributed by atoms with Crippen molar-refractivity contribution >= 4 is 28.1 Å². The summed E-state index contributed by atoms with van der Waals surface area (Å²) < 4.78 is 96.3. The molecule has 0 aliphatic heterocycles. The Bertz CT molecular complexity index is 914. The van der Waals surface area contributed by atoms with E-state index in [1.165, 1.54) is 0 Å². The average molecular weight is 729 g/mol. The molecule has 4 unspecified atom stereocenters. The van der Waals surface area contributed by atoms with Gasteiger partial charge in [-0.2, -0.15) is 26.3 Å². The Labute approximate surface area is 290 Å². The Balaban J connectivity index is 2.64. The molecule has 282 valence electrons. The third-order valence-corrected chi connectivity index (χ3v) is 12.6. The molecule has 0 N–H and O–H groups in total. The van der Waals surface area contributed by atoms with Gasteiger partial charge in [-0.05, 0) is 114 Å². The van der Waals surface area contributed by atoms with Crippen LogP contribution in [-0.4, -0.2) is 65.7 Å². The molecule has 0 amide bonds. The van der Waals surface area contributed by atoms with Crippen LogP contribution < -0.4 is 0 Å². The first-order chi connectivity index (χ1) is 22.1. The molecule has 12 heteroatoms. The summed E-state index contributed by atoms with van der Waals surface area (Å²) >= 11 is 0. The van der Waals surface area contributed by atoms with Crippen LogP contribution in [0.25, 0.3) is 0 Å². The summed E-state index contributed by atoms with van der Waals surface area (Å²) in [5, 5.41) is 0. The fourth-order valence-corrected chi connectivity index (χ4v) is 9.25. The summed E-state index contributed by atoms with van der Waals surface area (Å²) in [7, 11) is -3.54. The van der Waals surface area contributed by atoms with Crippen molar-refractivity contribution in [3.63, 3.8) is 0 Å². The largest absolute Gasteiger partial charge is 0.418 e. The van der Waals surface area contributed by atoms with E-state index in [1.54, 1.807) is 0 Å². The minimum absolute atomic E-state index is 0.0739. The number of halogens is 6. The Morgan fingerprint density at radius 1 is 0.542 bits per heavy atom. The molecule has 2 saturated carbocycles. The first-order valence-corrected chi connectivity index (χ1v) is 25.5. The van der Waals surface area contributed by atoms with Gasteiger partial charge in [-0.15, -0.1) is 0 Å². The van der Waals surface area contributed by atoms with Crippen LogP contribution in [-0.2, 0) is 8.85 Å². The first-order valence-electron chi connectivity index (χ1n) is 18.7. The molecule has 0 aromatic rings. The van der Waals surface area contributed by atoms with Crippen molar-refractivity contribution in [2.45, 2.75) is 168 Å². The van der Waals surface area contributed by atoms with Gasteiger partial charge in [-0.3, -0.25) is 9.98 Å². The molecule has 2 aliphatic rings. The molecule has 48 heavy (non-hydrogen) atoms. The summed E-state index contributed by atoms with van der Waals surface area (Å²) in [6, 6.07) is -0.500. The van der Waals surface area contributed by atoms with E-state index in [0.29, 0.717) is 64.6 Å². The molecule has 0 spiro atoms. The second kappa shape index (κ2) is 18.7. The number of nitrogens with zero attached hydrogens (tertiary/aromatic N) is 2. The zero-order chi connectivity index (χ0) is 36.5. The molecule has 0 aromatic heterocycles. The summed E-state index contributed by atoms with van der Waals surface area (Å²) in [5.74, 6) is -3.44. The third-order valence-electron chi connectivity index (χ3n) is 10.4. The van der Waals surface area contributed by atoms with E-state index in [1.807, 2.05) is 27.7 Å². The van der Waals surface area contributed by atoms with Crippen molar-refractivity contribution in [2.75, 3.05) is 13.2 Å². The summed E-state index contributed by atoms with van der Waals surface area (Å²) in [6.07, 6.45) is -3.16. The van der Waals surface area contributed by atoms with Crippen molar-refractivity contribution in [1.29, 1.82) is 0 Å². The third kappa shape index (κ3) is 14.1. The topological polar surface area (TPSA) is 43.2 Å². The van der Waals surface area contributed by atoms with Gasteiger partial charge in [-0.25, -0.2) is 0 Å². The molecule has 2 rings (SSSR count). The minimum atomic E-state index is -4.23. The highest BCUT2D eigenvalue weighted by molar-refractivity contribution is 6.70. The maximum Gasteiger partial charge on any atom is 0.391 e. The van der Waals surface area contributed by atoms with E-state index >= 15 is 0 Å². The Morgan fingerprint density at radius 2 is 0.812 bits per heavy atom. The van der Waals surface area contributed by atoms with Gasteiger partial charge in [0.1, 0.15) is 0 Å². The molecule has 0 heterocycles. The molecule has 2 fully saturated rings. The van der Waals surface area contributed by atoms with Crippen molar-refractivity contribution in [2.24, 2.45) is 45.5 Å². The molecule has 0 saturated heterocycles. The van der Waals surface area contributed by atoms with Gasteiger partial charge >= 0.3 is 12.4 Å². The predicted octanol–water partition coefficient (Wildman–Crippen LogP) is 11.9. The van der Waals surface area contributed by atoms with Crippen molar-refractivity contribution in [1.82, 2.24) is 0 Å². The SMILES string of the molecule is CCC1CC(C(F)(F)F)CC(CC)C1N=C(CCCO[Si](C)(C)C)C(CCCO[Si](C)(C)C)=NC1C(CC)CC(C(F)(F)F)CC1CC. The summed E-state index contributed by atoms with van der Waals surface area (Å²) in [4.78, 5) is 10.8. The molecular weight excluding hydrogens is 663 g/mol. The van der Waals surface area contributed by atoms with E-state index in [-0.39, 0.29) is 61.4 Å². The number of hydrogen-bond acceptors (Lipinski definition) is 4. The lowest BCUT2D eigenvalue weighted by atomic mass is 9.69. The van der Waals surface area contributed by atoms with Crippen molar-refractivity contribution in [3.05, 3.63) is 0 Å². The van der Waals surface area contributed by atoms with E-state index in [2.05, 4.69) is 39.3 Å². The van der Waals surface area contributed by atoms with Crippen LogP contribution in [0, 0.1) is 35.5 Å². The zero-order valence-corrected chi connectivity index (χ0v) is 33.5. The molecule has 2 aliphatic carbocycles. The maximum atomic E-state index is 14.0. The Kier molecular flexibility index (Phi) is 16.9. The molecular formula is C36H66F6N2O2Si2. The van der Waals surface area contributed by atoms with Gasteiger partial charge in [0, 0.05) is 13.2 Å². The highest BCUT2D eigenvalue weighted by atomic mass is 28.4. The van der Waals surface area contributed by atoms with E-state index in [4.69, 9.17) is 18.8 Å². The van der Waals surface area contributed by atoms with Crippen LogP contribution in [0.3, 0.4) is 0 Å². The summed E-state index contributed by atoms with van der Waals surface area (Å²) in [6.45, 7) is 21.8. The fourth-order valence-electron chi connectivity index (χ4n) is 7.73. The summed E-state index contributed by atoms with van der Waals surface area (Å²) in [5.41, 5.74) is 1.63. The standard InChI is InChI=1S/C36H66F6N2O2Si2/c1-11-25-21-29(35(37,38)39)22-26(12-2)33(25)43-31(17-15-19-45-47(5,6)7)32(18-16-20-46-48(8,9)10)44-34-27(13-3)23-30(36(40,41)42)24-28(34)14-4/h25-30,33-34H,11-24H2,1-10H3. The van der Waals surface area contributed by atoms with Gasteiger partial charge in [0.2, 0.25) is 0 Å². The zero-order valence-electron chi connectivity index (χ0n) is 31.5. The van der Waals surface area contributed by atoms with Crippen LogP contribution in [0.1, 0.15) is 105 Å². The van der Waals surface area contributed by atoms with Crippen LogP contribution >= 0.6 is 0 Å². The highest BCUT2D eigenvalue weighted by Gasteiger charge is 2.49. The molecule has 0 radical (unpaired) electrons. The van der Waals surface area contributed by atoms with Gasteiger partial charge in [0.15, 0.2) is 16.6 Å². The molecule has 4 atom stereocenters. The lowest BCUT2D eigenvalue weighted by Crippen LogP contribution is -2.42. The molecule has 0 bridgehead atoms. The van der Waals surface area contributed by atoms with E-state index in [0.717, 1.165) is 11.4 Å². The average Bonchev–Trinajstić information content (AvgIpc) is 2.97. The number of rotatable bonds is 17. The Morgan fingerprint density at radius 3 is 1.02 bits per heavy atom. The van der Waals surface area contributed by atoms with Crippen molar-refractivity contribution in [3.8, 4) is 0 Å². The van der Waals surface area contributed by atoms with Crippen LogP contribution in [0.15, 0.2) is 9.98 Å². The van der Waals surface area contributed by atoms with Crippen molar-refractivity contribution < 1.29 is 35.2 Å². The number of hydrogen-bond donors (Lipinski definition) is 0. The van der Waals surface area contributed by atoms with Gasteiger partial charge in [0.25, 0.3) is 0 Å². The highest BCUT2D eigenvalue weighted by Crippen LogP contribution is 2.47. The molecule has 0 aromatic carbocycles. The van der Waals surface area contributed by atoms with Gasteiger partial charge in [-0.1, -0.05) is 53.4 Å². The monoisotopic (exact) mass is 728 g/mol. The minimum Gasteiger partial charge on any atom is -0.418 e. The van der Waals surface area contributed by atoms with Gasteiger partial charge in [0.05, 0.1) is 35.3 Å². The van der Waals surface area contributed by atoms with Crippen LogP contribution in [0.2, 0.25) is 39.3 Å². The fraction of sp³-hybridized carbons (Fsp3) is 0.944. The van der Waals surface area contributed by atoms with E-state index < -0.39 is 40.8 Å². The lowest BCUT2D eigenvalue weighted by Gasteiger charge is -2.41. The Hall–Kier alpha value is -0.726. The predicted molar refractivity (Wildman–Crippen MR) is 192 cm³/mol. The second-order valence-corrected chi connectivity index (χ2v) is 25.4.